The zero-order chi connectivity index (χ0) is 21.8. The van der Waals surface area contributed by atoms with E-state index >= 15 is 0 Å². The molecule has 0 unspecified atom stereocenters. The zero-order valence-electron chi connectivity index (χ0n) is 17.5. The molecule has 0 fully saturated rings. The monoisotopic (exact) mass is 409 g/mol. The van der Waals surface area contributed by atoms with E-state index in [1.54, 1.807) is 17.0 Å². The molecule has 4 rings (SSSR count). The van der Waals surface area contributed by atoms with Crippen molar-refractivity contribution in [2.75, 3.05) is 11.4 Å². The van der Waals surface area contributed by atoms with E-state index in [-0.39, 0.29) is 23.1 Å². The predicted molar refractivity (Wildman–Crippen MR) is 124 cm³/mol. The number of ketones is 1. The number of nitrogens with zero attached hydrogens (tertiary/aromatic N) is 3. The van der Waals surface area contributed by atoms with Gasteiger partial charge in [0.15, 0.2) is 5.71 Å². The Morgan fingerprint density at radius 3 is 2.06 bits per heavy atom. The molecule has 0 atom stereocenters. The van der Waals surface area contributed by atoms with Gasteiger partial charge in [-0.3, -0.25) is 9.59 Å². The average molecular weight is 409 g/mol. The second-order valence-electron chi connectivity index (χ2n) is 7.79. The largest absolute Gasteiger partial charge is 0.306 e. The summed E-state index contributed by atoms with van der Waals surface area (Å²) >= 11 is 0. The van der Waals surface area contributed by atoms with Crippen molar-refractivity contribution in [3.05, 3.63) is 102 Å². The van der Waals surface area contributed by atoms with Crippen LogP contribution in [0.15, 0.2) is 95.1 Å². The summed E-state index contributed by atoms with van der Waals surface area (Å²) in [5.41, 5.74) is 3.18. The SMILES string of the molecule is CC(C)CN1C(=O)/C(=N/N=C(\C(=O)c2ccccc2)c2ccccc2)c2ccccc21. The highest BCUT2D eigenvalue weighted by molar-refractivity contribution is 6.55. The highest BCUT2D eigenvalue weighted by Gasteiger charge is 2.34. The van der Waals surface area contributed by atoms with Crippen LogP contribution in [0.2, 0.25) is 0 Å². The third kappa shape index (κ3) is 4.21. The fourth-order valence-electron chi connectivity index (χ4n) is 3.56. The number of Topliss-reactive ketones (excluding diaryl/α,β-unsaturated/α-hetero) is 1. The number of anilines is 1. The standard InChI is InChI=1S/C26H23N3O2/c1-18(2)17-29-22-16-10-9-15-21(22)24(26(29)31)28-27-23(19-11-5-3-6-12-19)25(30)20-13-7-4-8-14-20/h3-16,18H,17H2,1-2H3/b27-23-,28-24+. The molecule has 0 saturated carbocycles. The lowest BCUT2D eigenvalue weighted by molar-refractivity contribution is -0.112. The molecule has 31 heavy (non-hydrogen) atoms. The molecule has 0 saturated heterocycles. The van der Waals surface area contributed by atoms with E-state index in [1.807, 2.05) is 72.8 Å². The lowest BCUT2D eigenvalue weighted by Crippen LogP contribution is -2.33. The van der Waals surface area contributed by atoms with Gasteiger partial charge in [0.2, 0.25) is 5.78 Å². The Labute approximate surface area is 181 Å². The van der Waals surface area contributed by atoms with Crippen molar-refractivity contribution in [2.45, 2.75) is 13.8 Å². The molecule has 154 valence electrons. The fourth-order valence-corrected chi connectivity index (χ4v) is 3.56. The van der Waals surface area contributed by atoms with Crippen LogP contribution in [-0.4, -0.2) is 29.7 Å². The number of carbonyl (C=O) groups is 2. The zero-order valence-corrected chi connectivity index (χ0v) is 17.5. The fraction of sp³-hybridized carbons (Fsp3) is 0.154. The molecule has 1 amide bonds. The lowest BCUT2D eigenvalue weighted by atomic mass is 10.0. The predicted octanol–water partition coefficient (Wildman–Crippen LogP) is 4.77. The summed E-state index contributed by atoms with van der Waals surface area (Å²) in [6.07, 6.45) is 0. The first kappa shape index (κ1) is 20.4. The first-order chi connectivity index (χ1) is 15.1. The number of hydrogen-bond acceptors (Lipinski definition) is 4. The third-order valence-corrected chi connectivity index (χ3v) is 4.99. The van der Waals surface area contributed by atoms with E-state index in [1.165, 1.54) is 0 Å². The number of carbonyl (C=O) groups excluding carboxylic acids is 2. The summed E-state index contributed by atoms with van der Waals surface area (Å²) in [5.74, 6) is -0.133. The molecule has 3 aromatic rings. The minimum Gasteiger partial charge on any atom is -0.306 e. The smallest absolute Gasteiger partial charge is 0.279 e. The summed E-state index contributed by atoms with van der Waals surface area (Å²) in [6.45, 7) is 4.72. The van der Waals surface area contributed by atoms with E-state index in [0.29, 0.717) is 23.6 Å². The van der Waals surface area contributed by atoms with Crippen molar-refractivity contribution in [3.63, 3.8) is 0 Å². The molecule has 5 nitrogen and oxygen atoms in total. The Morgan fingerprint density at radius 2 is 1.42 bits per heavy atom. The highest BCUT2D eigenvalue weighted by Crippen LogP contribution is 2.30. The minimum absolute atomic E-state index is 0.196. The summed E-state index contributed by atoms with van der Waals surface area (Å²) in [7, 11) is 0. The van der Waals surface area contributed by atoms with Crippen molar-refractivity contribution in [3.8, 4) is 0 Å². The summed E-state index contributed by atoms with van der Waals surface area (Å²) in [5, 5.41) is 8.64. The molecule has 1 aliphatic heterocycles. The van der Waals surface area contributed by atoms with Crippen LogP contribution in [0, 0.1) is 5.92 Å². The van der Waals surface area contributed by atoms with Crippen LogP contribution in [0.3, 0.4) is 0 Å². The van der Waals surface area contributed by atoms with Crippen LogP contribution in [0.4, 0.5) is 5.69 Å². The molecule has 1 heterocycles. The Morgan fingerprint density at radius 1 is 0.839 bits per heavy atom. The molecule has 0 radical (unpaired) electrons. The van der Waals surface area contributed by atoms with Crippen molar-refractivity contribution in [1.82, 2.24) is 0 Å². The van der Waals surface area contributed by atoms with Crippen molar-refractivity contribution >= 4 is 28.8 Å². The van der Waals surface area contributed by atoms with Crippen LogP contribution in [0.25, 0.3) is 0 Å². The van der Waals surface area contributed by atoms with Crippen LogP contribution in [0.1, 0.15) is 35.3 Å². The van der Waals surface area contributed by atoms with E-state index in [0.717, 1.165) is 11.3 Å². The van der Waals surface area contributed by atoms with Gasteiger partial charge in [-0.15, -0.1) is 10.2 Å². The average Bonchev–Trinajstić information content (AvgIpc) is 3.06. The van der Waals surface area contributed by atoms with Gasteiger partial charge >= 0.3 is 0 Å². The molecule has 5 heteroatoms. The maximum Gasteiger partial charge on any atom is 0.279 e. The first-order valence-corrected chi connectivity index (χ1v) is 10.3. The summed E-state index contributed by atoms with van der Waals surface area (Å²) < 4.78 is 0. The molecule has 3 aromatic carbocycles. The number of para-hydroxylation sites is 1. The van der Waals surface area contributed by atoms with Crippen molar-refractivity contribution < 1.29 is 9.59 Å². The summed E-state index contributed by atoms with van der Waals surface area (Å²) in [6, 6.07) is 25.7. The van der Waals surface area contributed by atoms with Gasteiger partial charge in [0, 0.05) is 23.2 Å². The molecular weight excluding hydrogens is 386 g/mol. The van der Waals surface area contributed by atoms with Crippen LogP contribution < -0.4 is 4.90 Å². The van der Waals surface area contributed by atoms with E-state index < -0.39 is 0 Å². The van der Waals surface area contributed by atoms with Crippen LogP contribution >= 0.6 is 0 Å². The molecule has 0 bridgehead atoms. The maximum atomic E-state index is 13.2. The van der Waals surface area contributed by atoms with E-state index in [4.69, 9.17) is 0 Å². The van der Waals surface area contributed by atoms with Gasteiger partial charge in [0.25, 0.3) is 5.91 Å². The molecule has 1 aliphatic rings. The second-order valence-corrected chi connectivity index (χ2v) is 7.79. The second kappa shape index (κ2) is 8.88. The van der Waals surface area contributed by atoms with Gasteiger partial charge in [0.05, 0.1) is 5.69 Å². The number of rotatable bonds is 6. The molecular formula is C26H23N3O2. The van der Waals surface area contributed by atoms with Crippen molar-refractivity contribution in [1.29, 1.82) is 0 Å². The van der Waals surface area contributed by atoms with Gasteiger partial charge in [-0.2, -0.15) is 0 Å². The topological polar surface area (TPSA) is 62.1 Å². The van der Waals surface area contributed by atoms with Gasteiger partial charge < -0.3 is 4.90 Å². The Bertz CT molecular complexity index is 1170. The normalized spacial score (nSPS) is 14.9. The number of amides is 1. The molecule has 0 aromatic heterocycles. The molecule has 0 N–H and O–H groups in total. The lowest BCUT2D eigenvalue weighted by Gasteiger charge is -2.18. The van der Waals surface area contributed by atoms with E-state index in [9.17, 15) is 9.59 Å². The highest BCUT2D eigenvalue weighted by atomic mass is 16.2. The Hall–Kier alpha value is -3.86. The number of hydrogen-bond donors (Lipinski definition) is 0. The third-order valence-electron chi connectivity index (χ3n) is 4.99. The van der Waals surface area contributed by atoms with Crippen LogP contribution in [0.5, 0.6) is 0 Å². The van der Waals surface area contributed by atoms with Gasteiger partial charge in [-0.1, -0.05) is 92.7 Å². The maximum absolute atomic E-state index is 13.2. The number of benzene rings is 3. The minimum atomic E-state index is -0.242. The molecule has 0 spiro atoms. The van der Waals surface area contributed by atoms with Gasteiger partial charge in [0.1, 0.15) is 5.71 Å². The van der Waals surface area contributed by atoms with E-state index in [2.05, 4.69) is 24.1 Å². The van der Waals surface area contributed by atoms with Crippen LogP contribution in [-0.2, 0) is 4.79 Å². The van der Waals surface area contributed by atoms with Crippen molar-refractivity contribution in [2.24, 2.45) is 16.1 Å². The Kier molecular flexibility index (Phi) is 5.85. The quantitative estimate of drug-likeness (QED) is 0.335. The molecule has 0 aliphatic carbocycles. The van der Waals surface area contributed by atoms with Gasteiger partial charge in [-0.05, 0) is 12.0 Å². The first-order valence-electron chi connectivity index (χ1n) is 10.3. The number of fused-ring (bicyclic) bond motifs is 1. The Balaban J connectivity index is 1.80. The summed E-state index contributed by atoms with van der Waals surface area (Å²) in [4.78, 5) is 28.1. The van der Waals surface area contributed by atoms with Gasteiger partial charge in [-0.25, -0.2) is 0 Å².